The monoisotopic (exact) mass is 212 g/mol. The number of fused-ring (bicyclic) bond motifs is 3. The van der Waals surface area contributed by atoms with E-state index < -0.39 is 5.63 Å². The molecule has 3 heteroatoms. The summed E-state index contributed by atoms with van der Waals surface area (Å²) < 4.78 is 4.99. The van der Waals surface area contributed by atoms with Crippen LogP contribution < -0.4 is 5.63 Å². The minimum Gasteiger partial charge on any atom is -0.502 e. The summed E-state index contributed by atoms with van der Waals surface area (Å²) in [7, 11) is 0. The second-order valence-electron chi connectivity index (χ2n) is 3.62. The van der Waals surface area contributed by atoms with Crippen LogP contribution >= 0.6 is 0 Å². The SMILES string of the molecule is O=c1oc2ccc3ccccc3c2cc1O. The third-order valence-electron chi connectivity index (χ3n) is 2.62. The van der Waals surface area contributed by atoms with E-state index in [-0.39, 0.29) is 5.75 Å². The van der Waals surface area contributed by atoms with Crippen LogP contribution in [0.4, 0.5) is 0 Å². The van der Waals surface area contributed by atoms with Gasteiger partial charge in [-0.25, -0.2) is 4.79 Å². The molecule has 78 valence electrons. The molecule has 0 aliphatic rings. The molecule has 2 aromatic carbocycles. The van der Waals surface area contributed by atoms with E-state index in [4.69, 9.17) is 4.42 Å². The van der Waals surface area contributed by atoms with Gasteiger partial charge in [-0.2, -0.15) is 0 Å². The highest BCUT2D eigenvalue weighted by Crippen LogP contribution is 2.25. The minimum atomic E-state index is -0.706. The molecule has 0 amide bonds. The zero-order valence-corrected chi connectivity index (χ0v) is 8.31. The van der Waals surface area contributed by atoms with E-state index in [1.165, 1.54) is 6.07 Å². The first-order valence-corrected chi connectivity index (χ1v) is 4.90. The van der Waals surface area contributed by atoms with Gasteiger partial charge in [0.15, 0.2) is 0 Å². The van der Waals surface area contributed by atoms with E-state index in [2.05, 4.69) is 0 Å². The Kier molecular flexibility index (Phi) is 1.74. The van der Waals surface area contributed by atoms with Crippen LogP contribution in [0, 0.1) is 0 Å². The molecule has 0 bridgehead atoms. The quantitative estimate of drug-likeness (QED) is 0.460. The van der Waals surface area contributed by atoms with Crippen molar-refractivity contribution in [1.82, 2.24) is 0 Å². The molecule has 0 unspecified atom stereocenters. The standard InChI is InChI=1S/C13H8O3/c14-11-7-10-9-4-2-1-3-8(9)5-6-12(10)16-13(11)15/h1-7,14H. The van der Waals surface area contributed by atoms with Crippen LogP contribution in [-0.4, -0.2) is 5.11 Å². The Labute approximate surface area is 90.6 Å². The molecule has 3 nitrogen and oxygen atoms in total. The first-order valence-electron chi connectivity index (χ1n) is 4.90. The smallest absolute Gasteiger partial charge is 0.378 e. The lowest BCUT2D eigenvalue weighted by Gasteiger charge is -2.02. The van der Waals surface area contributed by atoms with Gasteiger partial charge in [-0.05, 0) is 22.9 Å². The number of benzene rings is 2. The number of aromatic hydroxyl groups is 1. The summed E-state index contributed by atoms with van der Waals surface area (Å²) in [5.41, 5.74) is -0.218. The molecule has 0 radical (unpaired) electrons. The molecule has 0 spiro atoms. The van der Waals surface area contributed by atoms with E-state index in [9.17, 15) is 9.90 Å². The number of hydrogen-bond acceptors (Lipinski definition) is 3. The first kappa shape index (κ1) is 8.97. The van der Waals surface area contributed by atoms with E-state index in [0.29, 0.717) is 5.58 Å². The fourth-order valence-corrected chi connectivity index (χ4v) is 1.86. The van der Waals surface area contributed by atoms with Crippen molar-refractivity contribution in [1.29, 1.82) is 0 Å². The lowest BCUT2D eigenvalue weighted by atomic mass is 10.1. The Hall–Kier alpha value is -2.29. The largest absolute Gasteiger partial charge is 0.502 e. The molecular formula is C13H8O3. The fraction of sp³-hybridized carbons (Fsp3) is 0. The van der Waals surface area contributed by atoms with Gasteiger partial charge in [0.1, 0.15) is 5.58 Å². The molecule has 3 rings (SSSR count). The van der Waals surface area contributed by atoms with Gasteiger partial charge >= 0.3 is 5.63 Å². The summed E-state index contributed by atoms with van der Waals surface area (Å²) in [6, 6.07) is 12.8. The highest BCUT2D eigenvalue weighted by molar-refractivity contribution is 6.05. The summed E-state index contributed by atoms with van der Waals surface area (Å²) in [5, 5.41) is 12.1. The van der Waals surface area contributed by atoms with Crippen molar-refractivity contribution in [2.24, 2.45) is 0 Å². The van der Waals surface area contributed by atoms with Crippen LogP contribution in [0.1, 0.15) is 0 Å². The molecule has 0 aliphatic carbocycles. The third kappa shape index (κ3) is 1.18. The predicted molar refractivity (Wildman–Crippen MR) is 61.7 cm³/mol. The van der Waals surface area contributed by atoms with Crippen LogP contribution in [0.3, 0.4) is 0 Å². The average Bonchev–Trinajstić information content (AvgIpc) is 2.31. The maximum atomic E-state index is 11.2. The Morgan fingerprint density at radius 2 is 1.81 bits per heavy atom. The van der Waals surface area contributed by atoms with E-state index in [0.717, 1.165) is 16.2 Å². The summed E-state index contributed by atoms with van der Waals surface area (Å²) in [6.45, 7) is 0. The molecule has 1 N–H and O–H groups in total. The molecule has 16 heavy (non-hydrogen) atoms. The second kappa shape index (κ2) is 3.10. The maximum absolute atomic E-state index is 11.2. The maximum Gasteiger partial charge on any atom is 0.378 e. The van der Waals surface area contributed by atoms with Gasteiger partial charge in [-0.3, -0.25) is 0 Å². The van der Waals surface area contributed by atoms with Crippen LogP contribution in [0.25, 0.3) is 21.7 Å². The molecular weight excluding hydrogens is 204 g/mol. The van der Waals surface area contributed by atoms with Crippen LogP contribution in [-0.2, 0) is 0 Å². The molecule has 1 aromatic heterocycles. The van der Waals surface area contributed by atoms with E-state index in [1.807, 2.05) is 30.3 Å². The van der Waals surface area contributed by atoms with Crippen LogP contribution in [0.2, 0.25) is 0 Å². The van der Waals surface area contributed by atoms with E-state index >= 15 is 0 Å². The highest BCUT2D eigenvalue weighted by atomic mass is 16.4. The molecule has 3 aromatic rings. The number of hydrogen-bond donors (Lipinski definition) is 1. The van der Waals surface area contributed by atoms with Gasteiger partial charge in [0.2, 0.25) is 5.75 Å². The zero-order valence-electron chi connectivity index (χ0n) is 8.31. The lowest BCUT2D eigenvalue weighted by Crippen LogP contribution is -1.96. The van der Waals surface area contributed by atoms with Crippen molar-refractivity contribution in [2.45, 2.75) is 0 Å². The van der Waals surface area contributed by atoms with Gasteiger partial charge in [0, 0.05) is 5.39 Å². The summed E-state index contributed by atoms with van der Waals surface area (Å²) >= 11 is 0. The summed E-state index contributed by atoms with van der Waals surface area (Å²) in [5.74, 6) is -0.358. The topological polar surface area (TPSA) is 50.4 Å². The predicted octanol–water partition coefficient (Wildman–Crippen LogP) is 2.65. The van der Waals surface area contributed by atoms with Crippen molar-refractivity contribution in [3.8, 4) is 5.75 Å². The Balaban J connectivity index is 2.60. The van der Waals surface area contributed by atoms with Gasteiger partial charge in [0.05, 0.1) is 0 Å². The Bertz CT molecular complexity index is 741. The average molecular weight is 212 g/mol. The lowest BCUT2D eigenvalue weighted by molar-refractivity contribution is 0.428. The molecule has 1 heterocycles. The summed E-state index contributed by atoms with van der Waals surface area (Å²) in [4.78, 5) is 11.2. The molecule has 0 saturated carbocycles. The van der Waals surface area contributed by atoms with Gasteiger partial charge in [-0.15, -0.1) is 0 Å². The first-order chi connectivity index (χ1) is 7.75. The van der Waals surface area contributed by atoms with Crippen molar-refractivity contribution >= 4 is 21.7 Å². The van der Waals surface area contributed by atoms with Crippen LogP contribution in [0.5, 0.6) is 5.75 Å². The van der Waals surface area contributed by atoms with E-state index in [1.54, 1.807) is 6.07 Å². The van der Waals surface area contributed by atoms with Crippen molar-refractivity contribution < 1.29 is 9.52 Å². The molecule has 0 aliphatic heterocycles. The molecule has 0 fully saturated rings. The van der Waals surface area contributed by atoms with Crippen molar-refractivity contribution in [2.75, 3.05) is 0 Å². The van der Waals surface area contributed by atoms with Crippen molar-refractivity contribution in [3.63, 3.8) is 0 Å². The normalized spacial score (nSPS) is 11.0. The molecule has 0 atom stereocenters. The van der Waals surface area contributed by atoms with Crippen LogP contribution in [0.15, 0.2) is 51.7 Å². The van der Waals surface area contributed by atoms with Gasteiger partial charge < -0.3 is 9.52 Å². The second-order valence-corrected chi connectivity index (χ2v) is 3.62. The minimum absolute atomic E-state index is 0.358. The van der Waals surface area contributed by atoms with Gasteiger partial charge in [-0.1, -0.05) is 30.3 Å². The summed E-state index contributed by atoms with van der Waals surface area (Å²) in [6.07, 6.45) is 0. The highest BCUT2D eigenvalue weighted by Gasteiger charge is 2.06. The fourth-order valence-electron chi connectivity index (χ4n) is 1.86. The number of rotatable bonds is 0. The Morgan fingerprint density at radius 1 is 1.00 bits per heavy atom. The van der Waals surface area contributed by atoms with Crippen molar-refractivity contribution in [3.05, 3.63) is 52.9 Å². The molecule has 0 saturated heterocycles. The van der Waals surface area contributed by atoms with Gasteiger partial charge in [0.25, 0.3) is 0 Å². The zero-order chi connectivity index (χ0) is 11.1. The Morgan fingerprint density at radius 3 is 2.69 bits per heavy atom. The third-order valence-corrected chi connectivity index (χ3v) is 2.62.